The van der Waals surface area contributed by atoms with E-state index in [0.717, 1.165) is 32.6 Å². The maximum absolute atomic E-state index is 11.7. The van der Waals surface area contributed by atoms with Crippen molar-refractivity contribution in [2.45, 2.75) is 25.7 Å². The summed E-state index contributed by atoms with van der Waals surface area (Å²) in [6.45, 7) is 2.33. The molecule has 1 aliphatic heterocycles. The van der Waals surface area contributed by atoms with Gasteiger partial charge in [-0.3, -0.25) is 9.59 Å². The van der Waals surface area contributed by atoms with Crippen molar-refractivity contribution in [2.24, 2.45) is 5.92 Å². The normalized spacial score (nSPS) is 16.6. The summed E-state index contributed by atoms with van der Waals surface area (Å²) in [5.74, 6) is 0.190. The number of carbonyl (C=O) groups excluding carboxylic acids is 2. The first-order valence-electron chi connectivity index (χ1n) is 6.02. The molecule has 0 aromatic heterocycles. The lowest BCUT2D eigenvalue weighted by molar-refractivity contribution is -0.143. The third-order valence-corrected chi connectivity index (χ3v) is 3.07. The van der Waals surface area contributed by atoms with Gasteiger partial charge in [-0.15, -0.1) is 0 Å². The first-order valence-corrected chi connectivity index (χ1v) is 6.02. The lowest BCUT2D eigenvalue weighted by Crippen LogP contribution is -2.34. The van der Waals surface area contributed by atoms with Gasteiger partial charge in [0.25, 0.3) is 0 Å². The monoisotopic (exact) mass is 243 g/mol. The number of rotatable bonds is 5. The van der Waals surface area contributed by atoms with Gasteiger partial charge in [-0.05, 0) is 18.8 Å². The molecule has 0 aromatic carbocycles. The van der Waals surface area contributed by atoms with Crippen LogP contribution in [-0.4, -0.2) is 50.7 Å². The van der Waals surface area contributed by atoms with E-state index in [9.17, 15) is 9.59 Å². The Hall–Kier alpha value is -1.10. The summed E-state index contributed by atoms with van der Waals surface area (Å²) in [4.78, 5) is 24.4. The minimum Gasteiger partial charge on any atom is -0.469 e. The third kappa shape index (κ3) is 5.17. The Labute approximate surface area is 102 Å². The van der Waals surface area contributed by atoms with Crippen molar-refractivity contribution in [1.82, 2.24) is 4.90 Å². The van der Waals surface area contributed by atoms with Crippen LogP contribution in [0.1, 0.15) is 25.7 Å². The summed E-state index contributed by atoms with van der Waals surface area (Å²) in [7, 11) is 3.12. The lowest BCUT2D eigenvalue weighted by atomic mass is 10.00. The number of methoxy groups -OCH3 is 1. The van der Waals surface area contributed by atoms with Crippen LogP contribution in [0.15, 0.2) is 0 Å². The van der Waals surface area contributed by atoms with Crippen molar-refractivity contribution in [3.63, 3.8) is 0 Å². The number of ether oxygens (including phenoxy) is 2. The van der Waals surface area contributed by atoms with Gasteiger partial charge in [0.15, 0.2) is 0 Å². The van der Waals surface area contributed by atoms with E-state index in [1.165, 1.54) is 7.11 Å². The van der Waals surface area contributed by atoms with Gasteiger partial charge in [0.2, 0.25) is 5.91 Å². The van der Waals surface area contributed by atoms with Crippen LogP contribution in [0.4, 0.5) is 0 Å². The molecule has 0 aromatic rings. The van der Waals surface area contributed by atoms with E-state index in [2.05, 4.69) is 4.74 Å². The molecule has 0 bridgehead atoms. The first-order chi connectivity index (χ1) is 8.13. The average molecular weight is 243 g/mol. The van der Waals surface area contributed by atoms with Crippen molar-refractivity contribution in [3.05, 3.63) is 0 Å². The minimum atomic E-state index is -0.335. The fraction of sp³-hybridized carbons (Fsp3) is 0.833. The van der Waals surface area contributed by atoms with Crippen LogP contribution >= 0.6 is 0 Å². The van der Waals surface area contributed by atoms with Crippen LogP contribution in [0.25, 0.3) is 0 Å². The molecule has 0 N–H and O–H groups in total. The van der Waals surface area contributed by atoms with E-state index in [0.29, 0.717) is 5.92 Å². The molecular formula is C12H21NO4. The van der Waals surface area contributed by atoms with Crippen LogP contribution in [0.2, 0.25) is 0 Å². The molecule has 0 atom stereocenters. The summed E-state index contributed by atoms with van der Waals surface area (Å²) >= 11 is 0. The zero-order chi connectivity index (χ0) is 12.7. The Morgan fingerprint density at radius 1 is 1.29 bits per heavy atom. The highest BCUT2D eigenvalue weighted by Crippen LogP contribution is 2.15. The molecule has 0 saturated carbocycles. The van der Waals surface area contributed by atoms with E-state index in [4.69, 9.17) is 4.74 Å². The summed E-state index contributed by atoms with van der Waals surface area (Å²) in [6.07, 6.45) is 2.41. The minimum absolute atomic E-state index is 0.00175. The first kappa shape index (κ1) is 14.0. The van der Waals surface area contributed by atoms with Gasteiger partial charge in [0, 0.05) is 33.2 Å². The molecule has 0 unspecified atom stereocenters. The smallest absolute Gasteiger partial charge is 0.306 e. The van der Waals surface area contributed by atoms with Gasteiger partial charge < -0.3 is 14.4 Å². The van der Waals surface area contributed by atoms with Gasteiger partial charge in [-0.25, -0.2) is 0 Å². The number of nitrogens with zero attached hydrogens (tertiary/aromatic N) is 1. The van der Waals surface area contributed by atoms with Crippen LogP contribution in [0.5, 0.6) is 0 Å². The zero-order valence-electron chi connectivity index (χ0n) is 10.6. The molecule has 5 nitrogen and oxygen atoms in total. The molecule has 98 valence electrons. The summed E-state index contributed by atoms with van der Waals surface area (Å²) in [5, 5.41) is 0. The second kappa shape index (κ2) is 7.27. The quantitative estimate of drug-likeness (QED) is 0.671. The molecule has 1 aliphatic rings. The average Bonchev–Trinajstić information content (AvgIpc) is 2.36. The molecule has 0 spiro atoms. The van der Waals surface area contributed by atoms with E-state index in [-0.39, 0.29) is 24.7 Å². The van der Waals surface area contributed by atoms with E-state index in [1.54, 1.807) is 11.9 Å². The highest BCUT2D eigenvalue weighted by molar-refractivity contribution is 5.81. The number of esters is 1. The van der Waals surface area contributed by atoms with E-state index in [1.807, 2.05) is 0 Å². The highest BCUT2D eigenvalue weighted by atomic mass is 16.5. The third-order valence-electron chi connectivity index (χ3n) is 3.07. The largest absolute Gasteiger partial charge is 0.469 e. The Bertz CT molecular complexity index is 261. The second-order valence-electron chi connectivity index (χ2n) is 4.41. The highest BCUT2D eigenvalue weighted by Gasteiger charge is 2.18. The maximum atomic E-state index is 11.7. The lowest BCUT2D eigenvalue weighted by Gasteiger charge is -2.27. The maximum Gasteiger partial charge on any atom is 0.306 e. The Morgan fingerprint density at radius 2 is 1.94 bits per heavy atom. The molecule has 17 heavy (non-hydrogen) atoms. The number of hydrogen-bond acceptors (Lipinski definition) is 4. The van der Waals surface area contributed by atoms with Crippen molar-refractivity contribution < 1.29 is 19.1 Å². The van der Waals surface area contributed by atoms with Crippen molar-refractivity contribution in [3.8, 4) is 0 Å². The molecule has 1 heterocycles. The molecule has 1 saturated heterocycles. The van der Waals surface area contributed by atoms with E-state index < -0.39 is 0 Å². The summed E-state index contributed by atoms with van der Waals surface area (Å²) in [6, 6.07) is 0. The fourth-order valence-electron chi connectivity index (χ4n) is 1.92. The van der Waals surface area contributed by atoms with Crippen molar-refractivity contribution in [1.29, 1.82) is 0 Å². The standard InChI is InChI=1S/C12H21NO4/c1-13(9-10-5-7-17-8-6-10)11(14)3-4-12(15)16-2/h10H,3-9H2,1-2H3. The predicted octanol–water partition coefficient (Wildman–Crippen LogP) is 0.825. The van der Waals surface area contributed by atoms with Crippen molar-refractivity contribution in [2.75, 3.05) is 33.9 Å². The zero-order valence-corrected chi connectivity index (χ0v) is 10.6. The Morgan fingerprint density at radius 3 is 2.53 bits per heavy atom. The molecule has 1 rings (SSSR count). The van der Waals surface area contributed by atoms with Gasteiger partial charge in [-0.1, -0.05) is 0 Å². The fourth-order valence-corrected chi connectivity index (χ4v) is 1.92. The molecular weight excluding hydrogens is 222 g/mol. The Balaban J connectivity index is 2.23. The number of amides is 1. The number of carbonyl (C=O) groups is 2. The number of hydrogen-bond donors (Lipinski definition) is 0. The van der Waals surface area contributed by atoms with Crippen LogP contribution < -0.4 is 0 Å². The van der Waals surface area contributed by atoms with Gasteiger partial charge in [0.05, 0.1) is 13.5 Å². The van der Waals surface area contributed by atoms with Crippen molar-refractivity contribution >= 4 is 11.9 Å². The van der Waals surface area contributed by atoms with Crippen LogP contribution in [0, 0.1) is 5.92 Å². The predicted molar refractivity (Wildman–Crippen MR) is 62.4 cm³/mol. The van der Waals surface area contributed by atoms with Gasteiger partial charge >= 0.3 is 5.97 Å². The van der Waals surface area contributed by atoms with Crippen LogP contribution in [0.3, 0.4) is 0 Å². The molecule has 1 amide bonds. The Kier molecular flexibility index (Phi) is 5.97. The SMILES string of the molecule is COC(=O)CCC(=O)N(C)CC1CCOCC1. The van der Waals surface area contributed by atoms with Gasteiger partial charge in [-0.2, -0.15) is 0 Å². The molecule has 1 fully saturated rings. The molecule has 5 heteroatoms. The van der Waals surface area contributed by atoms with E-state index >= 15 is 0 Å². The van der Waals surface area contributed by atoms with Gasteiger partial charge in [0.1, 0.15) is 0 Å². The topological polar surface area (TPSA) is 55.8 Å². The molecule has 0 aliphatic carbocycles. The second-order valence-corrected chi connectivity index (χ2v) is 4.41. The van der Waals surface area contributed by atoms with Crippen LogP contribution in [-0.2, 0) is 19.1 Å². The molecule has 0 radical (unpaired) electrons. The summed E-state index contributed by atoms with van der Waals surface area (Å²) < 4.78 is 9.77. The summed E-state index contributed by atoms with van der Waals surface area (Å²) in [5.41, 5.74) is 0.